The predicted octanol–water partition coefficient (Wildman–Crippen LogP) is 4.00. The molecule has 1 saturated heterocycles. The van der Waals surface area contributed by atoms with E-state index in [0.717, 1.165) is 49.3 Å². The van der Waals surface area contributed by atoms with Crippen LogP contribution in [0.2, 0.25) is 0 Å². The lowest BCUT2D eigenvalue weighted by Crippen LogP contribution is -2.44. The van der Waals surface area contributed by atoms with Crippen LogP contribution in [-0.4, -0.2) is 51.2 Å². The van der Waals surface area contributed by atoms with Gasteiger partial charge < -0.3 is 10.2 Å². The molecule has 0 atom stereocenters. The molecule has 0 saturated carbocycles. The Morgan fingerprint density at radius 2 is 1.97 bits per heavy atom. The lowest BCUT2D eigenvalue weighted by molar-refractivity contribution is -0.117. The molecule has 3 heterocycles. The summed E-state index contributed by atoms with van der Waals surface area (Å²) in [5.74, 6) is -0.0492. The van der Waals surface area contributed by atoms with E-state index < -0.39 is 0 Å². The van der Waals surface area contributed by atoms with Crippen LogP contribution in [0.5, 0.6) is 0 Å². The number of benzene rings is 1. The van der Waals surface area contributed by atoms with Gasteiger partial charge in [0, 0.05) is 54.9 Å². The first-order valence-electron chi connectivity index (χ1n) is 11.4. The van der Waals surface area contributed by atoms with E-state index in [2.05, 4.69) is 34.3 Å². The van der Waals surface area contributed by atoms with Gasteiger partial charge in [0.2, 0.25) is 5.91 Å². The van der Waals surface area contributed by atoms with E-state index in [9.17, 15) is 4.79 Å². The first kappa shape index (κ1) is 22.0. The molecule has 1 fully saturated rings. The number of piperidine rings is 1. The summed E-state index contributed by atoms with van der Waals surface area (Å²) in [6.45, 7) is 6.13. The van der Waals surface area contributed by atoms with Gasteiger partial charge in [-0.1, -0.05) is 37.3 Å². The second-order valence-corrected chi connectivity index (χ2v) is 8.32. The zero-order chi connectivity index (χ0) is 22.2. The van der Waals surface area contributed by atoms with E-state index in [0.29, 0.717) is 6.54 Å². The molecular formula is C26H31N5O. The van der Waals surface area contributed by atoms with Gasteiger partial charge in [0.05, 0.1) is 6.54 Å². The molecule has 0 radical (unpaired) electrons. The van der Waals surface area contributed by atoms with E-state index in [1.165, 1.54) is 12.0 Å². The van der Waals surface area contributed by atoms with Crippen molar-refractivity contribution in [1.82, 2.24) is 25.0 Å². The van der Waals surface area contributed by atoms with E-state index in [1.54, 1.807) is 18.5 Å². The average Bonchev–Trinajstić information content (AvgIpc) is 3.23. The summed E-state index contributed by atoms with van der Waals surface area (Å²) >= 11 is 0. The molecule has 0 spiro atoms. The molecular weight excluding hydrogens is 398 g/mol. The van der Waals surface area contributed by atoms with Crippen LogP contribution < -0.4 is 5.32 Å². The number of pyridine rings is 1. The minimum Gasteiger partial charge on any atom is -0.350 e. The molecule has 1 aliphatic heterocycles. The molecule has 6 heteroatoms. The molecule has 1 N–H and O–H groups in total. The SMILES string of the molecule is CCCN1CCC(NC(=O)/C=C/c2cn(Cc3ccccc3)nc2-c2cccnc2)CC1. The molecule has 3 aromatic rings. The van der Waals surface area contributed by atoms with Gasteiger partial charge in [-0.25, -0.2) is 0 Å². The number of likely N-dealkylation sites (tertiary alicyclic amines) is 1. The van der Waals surface area contributed by atoms with Gasteiger partial charge in [0.1, 0.15) is 5.69 Å². The Kier molecular flexibility index (Phi) is 7.46. The van der Waals surface area contributed by atoms with Crippen LogP contribution in [0.15, 0.2) is 67.1 Å². The molecule has 0 bridgehead atoms. The van der Waals surface area contributed by atoms with Crippen molar-refractivity contribution >= 4 is 12.0 Å². The number of carbonyl (C=O) groups excluding carboxylic acids is 1. The summed E-state index contributed by atoms with van der Waals surface area (Å²) in [6, 6.07) is 14.4. The Balaban J connectivity index is 1.45. The van der Waals surface area contributed by atoms with Crippen molar-refractivity contribution in [2.45, 2.75) is 38.8 Å². The minimum atomic E-state index is -0.0492. The summed E-state index contributed by atoms with van der Waals surface area (Å²) in [5.41, 5.74) is 3.84. The molecule has 2 aromatic heterocycles. The van der Waals surface area contributed by atoms with Crippen molar-refractivity contribution < 1.29 is 4.79 Å². The van der Waals surface area contributed by atoms with Gasteiger partial charge in [0.25, 0.3) is 0 Å². The van der Waals surface area contributed by atoms with E-state index in [-0.39, 0.29) is 11.9 Å². The van der Waals surface area contributed by atoms with Crippen molar-refractivity contribution in [3.05, 3.63) is 78.3 Å². The number of aromatic nitrogens is 3. The molecule has 0 unspecified atom stereocenters. The van der Waals surface area contributed by atoms with Crippen LogP contribution in [0.4, 0.5) is 0 Å². The van der Waals surface area contributed by atoms with Crippen molar-refractivity contribution in [3.8, 4) is 11.3 Å². The quantitative estimate of drug-likeness (QED) is 0.550. The first-order chi connectivity index (χ1) is 15.7. The van der Waals surface area contributed by atoms with E-state index in [1.807, 2.05) is 47.3 Å². The highest BCUT2D eigenvalue weighted by Crippen LogP contribution is 2.23. The van der Waals surface area contributed by atoms with Gasteiger partial charge >= 0.3 is 0 Å². The first-order valence-corrected chi connectivity index (χ1v) is 11.4. The highest BCUT2D eigenvalue weighted by Gasteiger charge is 2.19. The molecule has 4 rings (SSSR count). The van der Waals surface area contributed by atoms with Crippen molar-refractivity contribution in [2.75, 3.05) is 19.6 Å². The topological polar surface area (TPSA) is 63.1 Å². The van der Waals surface area contributed by atoms with Crippen LogP contribution in [-0.2, 0) is 11.3 Å². The zero-order valence-electron chi connectivity index (χ0n) is 18.7. The Bertz CT molecular complexity index is 1020. The van der Waals surface area contributed by atoms with E-state index >= 15 is 0 Å². The van der Waals surface area contributed by atoms with Crippen LogP contribution in [0.1, 0.15) is 37.3 Å². The zero-order valence-corrected chi connectivity index (χ0v) is 18.7. The number of amides is 1. The Morgan fingerprint density at radius 3 is 2.69 bits per heavy atom. The number of nitrogens with zero attached hydrogens (tertiary/aromatic N) is 4. The van der Waals surface area contributed by atoms with Crippen LogP contribution in [0.3, 0.4) is 0 Å². The summed E-state index contributed by atoms with van der Waals surface area (Å²) in [6.07, 6.45) is 12.2. The van der Waals surface area contributed by atoms with Gasteiger partial charge in [-0.05, 0) is 49.6 Å². The Labute approximate surface area is 190 Å². The van der Waals surface area contributed by atoms with Crippen LogP contribution in [0, 0.1) is 0 Å². The van der Waals surface area contributed by atoms with Crippen LogP contribution in [0.25, 0.3) is 17.3 Å². The second kappa shape index (κ2) is 10.9. The van der Waals surface area contributed by atoms with Gasteiger partial charge in [-0.15, -0.1) is 0 Å². The Hall–Kier alpha value is -3.25. The lowest BCUT2D eigenvalue weighted by Gasteiger charge is -2.31. The summed E-state index contributed by atoms with van der Waals surface area (Å²) in [4.78, 5) is 19.3. The third-order valence-electron chi connectivity index (χ3n) is 5.80. The molecule has 0 aliphatic carbocycles. The number of carbonyl (C=O) groups is 1. The maximum atomic E-state index is 12.6. The summed E-state index contributed by atoms with van der Waals surface area (Å²) in [7, 11) is 0. The van der Waals surface area contributed by atoms with Crippen LogP contribution >= 0.6 is 0 Å². The van der Waals surface area contributed by atoms with Gasteiger partial charge in [-0.2, -0.15) is 5.10 Å². The Morgan fingerprint density at radius 1 is 1.16 bits per heavy atom. The fraction of sp³-hybridized carbons (Fsp3) is 0.346. The third kappa shape index (κ3) is 5.92. The molecule has 1 aromatic carbocycles. The molecule has 166 valence electrons. The third-order valence-corrected chi connectivity index (χ3v) is 5.80. The lowest BCUT2D eigenvalue weighted by atomic mass is 10.0. The van der Waals surface area contributed by atoms with Crippen molar-refractivity contribution in [1.29, 1.82) is 0 Å². The monoisotopic (exact) mass is 429 g/mol. The largest absolute Gasteiger partial charge is 0.350 e. The summed E-state index contributed by atoms with van der Waals surface area (Å²) in [5, 5.41) is 7.95. The number of hydrogen-bond donors (Lipinski definition) is 1. The number of nitrogens with one attached hydrogen (secondary N) is 1. The molecule has 6 nitrogen and oxygen atoms in total. The highest BCUT2D eigenvalue weighted by atomic mass is 16.1. The number of hydrogen-bond acceptors (Lipinski definition) is 4. The minimum absolute atomic E-state index is 0.0492. The van der Waals surface area contributed by atoms with Gasteiger partial charge in [-0.3, -0.25) is 14.5 Å². The highest BCUT2D eigenvalue weighted by molar-refractivity contribution is 5.93. The molecule has 1 amide bonds. The summed E-state index contributed by atoms with van der Waals surface area (Å²) < 4.78 is 1.92. The van der Waals surface area contributed by atoms with Crippen molar-refractivity contribution in [3.63, 3.8) is 0 Å². The fourth-order valence-electron chi connectivity index (χ4n) is 4.17. The maximum absolute atomic E-state index is 12.6. The maximum Gasteiger partial charge on any atom is 0.244 e. The standard InChI is InChI=1S/C26H31N5O/c1-2-15-30-16-12-24(13-17-30)28-25(32)11-10-23-20-31(19-21-7-4-3-5-8-21)29-26(23)22-9-6-14-27-18-22/h3-11,14,18,20,24H,2,12-13,15-17,19H2,1H3,(H,28,32)/b11-10+. The fourth-order valence-corrected chi connectivity index (χ4v) is 4.17. The average molecular weight is 430 g/mol. The van der Waals surface area contributed by atoms with Gasteiger partial charge in [0.15, 0.2) is 0 Å². The smallest absolute Gasteiger partial charge is 0.244 e. The molecule has 1 aliphatic rings. The van der Waals surface area contributed by atoms with Crippen molar-refractivity contribution in [2.24, 2.45) is 0 Å². The normalized spacial score (nSPS) is 15.3. The second-order valence-electron chi connectivity index (χ2n) is 8.32. The van der Waals surface area contributed by atoms with E-state index in [4.69, 9.17) is 5.10 Å². The predicted molar refractivity (Wildman–Crippen MR) is 128 cm³/mol. The molecule has 32 heavy (non-hydrogen) atoms. The number of rotatable bonds is 8.